The Labute approximate surface area is 142 Å². The van der Waals surface area contributed by atoms with Gasteiger partial charge in [-0.1, -0.05) is 11.6 Å². The molecule has 0 aliphatic rings. The van der Waals surface area contributed by atoms with Crippen LogP contribution in [0.3, 0.4) is 0 Å². The smallest absolute Gasteiger partial charge is 0.335 e. The van der Waals surface area contributed by atoms with Gasteiger partial charge in [0.25, 0.3) is 0 Å². The SMILES string of the molecule is COc1cc(Br)c(Oc2cc(C(=O)O)cc(Cl)n2)cc1Br. The molecule has 2 aromatic rings. The molecule has 21 heavy (non-hydrogen) atoms. The van der Waals surface area contributed by atoms with E-state index in [2.05, 4.69) is 36.8 Å². The summed E-state index contributed by atoms with van der Waals surface area (Å²) < 4.78 is 12.0. The summed E-state index contributed by atoms with van der Waals surface area (Å²) in [5.74, 6) is 0.0325. The average molecular weight is 437 g/mol. The van der Waals surface area contributed by atoms with Crippen LogP contribution in [0.25, 0.3) is 0 Å². The van der Waals surface area contributed by atoms with Gasteiger partial charge in [0.1, 0.15) is 16.7 Å². The molecule has 1 N–H and O–H groups in total. The number of carboxylic acid groups (broad SMARTS) is 1. The first-order chi connectivity index (χ1) is 9.90. The lowest BCUT2D eigenvalue weighted by Gasteiger charge is -2.11. The summed E-state index contributed by atoms with van der Waals surface area (Å²) in [4.78, 5) is 14.9. The molecule has 1 aromatic carbocycles. The number of carbonyl (C=O) groups is 1. The summed E-state index contributed by atoms with van der Waals surface area (Å²) in [5, 5.41) is 9.03. The van der Waals surface area contributed by atoms with Crippen LogP contribution in [0, 0.1) is 0 Å². The zero-order chi connectivity index (χ0) is 15.6. The van der Waals surface area contributed by atoms with Gasteiger partial charge in [-0.2, -0.15) is 0 Å². The number of carboxylic acids is 1. The average Bonchev–Trinajstić information content (AvgIpc) is 2.41. The van der Waals surface area contributed by atoms with Crippen LogP contribution in [0.1, 0.15) is 10.4 Å². The van der Waals surface area contributed by atoms with E-state index in [1.165, 1.54) is 12.1 Å². The lowest BCUT2D eigenvalue weighted by molar-refractivity contribution is 0.0696. The highest BCUT2D eigenvalue weighted by atomic mass is 79.9. The molecule has 0 bridgehead atoms. The summed E-state index contributed by atoms with van der Waals surface area (Å²) in [5.41, 5.74) is -0.00583. The molecule has 8 heteroatoms. The third kappa shape index (κ3) is 3.87. The van der Waals surface area contributed by atoms with Crippen molar-refractivity contribution in [3.8, 4) is 17.4 Å². The Morgan fingerprint density at radius 2 is 1.81 bits per heavy atom. The predicted molar refractivity (Wildman–Crippen MR) is 84.7 cm³/mol. The number of nitrogens with zero attached hydrogens (tertiary/aromatic N) is 1. The number of aromatic nitrogens is 1. The molecule has 0 atom stereocenters. The van der Waals surface area contributed by atoms with Crippen molar-refractivity contribution in [2.45, 2.75) is 0 Å². The summed E-state index contributed by atoms with van der Waals surface area (Å²) in [6.07, 6.45) is 0. The van der Waals surface area contributed by atoms with Crippen LogP contribution >= 0.6 is 43.5 Å². The normalized spacial score (nSPS) is 10.3. The fourth-order valence-electron chi connectivity index (χ4n) is 1.51. The van der Waals surface area contributed by atoms with Gasteiger partial charge in [-0.05, 0) is 50.1 Å². The Bertz CT molecular complexity index is 709. The number of hydrogen-bond donors (Lipinski definition) is 1. The fraction of sp³-hybridized carbons (Fsp3) is 0.0769. The zero-order valence-electron chi connectivity index (χ0n) is 10.6. The van der Waals surface area contributed by atoms with Crippen LogP contribution in [0.4, 0.5) is 0 Å². The van der Waals surface area contributed by atoms with E-state index in [4.69, 9.17) is 26.2 Å². The van der Waals surface area contributed by atoms with Gasteiger partial charge in [-0.3, -0.25) is 0 Å². The molecule has 2 rings (SSSR count). The molecule has 110 valence electrons. The topological polar surface area (TPSA) is 68.7 Å². The van der Waals surface area contributed by atoms with Crippen molar-refractivity contribution in [1.82, 2.24) is 4.98 Å². The molecule has 0 saturated carbocycles. The summed E-state index contributed by atoms with van der Waals surface area (Å²) >= 11 is 12.5. The highest BCUT2D eigenvalue weighted by molar-refractivity contribution is 9.11. The maximum Gasteiger partial charge on any atom is 0.335 e. The Morgan fingerprint density at radius 3 is 2.43 bits per heavy atom. The Morgan fingerprint density at radius 1 is 1.19 bits per heavy atom. The first kappa shape index (κ1) is 16.1. The van der Waals surface area contributed by atoms with Crippen molar-refractivity contribution < 1.29 is 19.4 Å². The summed E-state index contributed by atoms with van der Waals surface area (Å²) in [7, 11) is 1.55. The van der Waals surface area contributed by atoms with Crippen molar-refractivity contribution in [2.75, 3.05) is 7.11 Å². The van der Waals surface area contributed by atoms with Crippen molar-refractivity contribution in [1.29, 1.82) is 0 Å². The quantitative estimate of drug-likeness (QED) is 0.699. The molecule has 0 spiro atoms. The van der Waals surface area contributed by atoms with E-state index in [-0.39, 0.29) is 16.6 Å². The van der Waals surface area contributed by atoms with Crippen LogP contribution in [0.15, 0.2) is 33.2 Å². The van der Waals surface area contributed by atoms with E-state index >= 15 is 0 Å². The van der Waals surface area contributed by atoms with Gasteiger partial charge >= 0.3 is 5.97 Å². The molecule has 0 aliphatic heterocycles. The van der Waals surface area contributed by atoms with Gasteiger partial charge < -0.3 is 14.6 Å². The lowest BCUT2D eigenvalue weighted by atomic mass is 10.3. The van der Waals surface area contributed by atoms with Gasteiger partial charge in [0.15, 0.2) is 0 Å². The van der Waals surface area contributed by atoms with Crippen LogP contribution < -0.4 is 9.47 Å². The molecular formula is C13H8Br2ClNO4. The summed E-state index contributed by atoms with van der Waals surface area (Å²) in [6.45, 7) is 0. The summed E-state index contributed by atoms with van der Waals surface area (Å²) in [6, 6.07) is 5.92. The van der Waals surface area contributed by atoms with Crippen LogP contribution in [0.2, 0.25) is 5.15 Å². The Hall–Kier alpha value is -1.31. The fourth-order valence-corrected chi connectivity index (χ4v) is 2.59. The van der Waals surface area contributed by atoms with Crippen molar-refractivity contribution >= 4 is 49.4 Å². The monoisotopic (exact) mass is 435 g/mol. The molecular weight excluding hydrogens is 429 g/mol. The van der Waals surface area contributed by atoms with Gasteiger partial charge in [0.05, 0.1) is 21.6 Å². The highest BCUT2D eigenvalue weighted by Crippen LogP contribution is 2.38. The van der Waals surface area contributed by atoms with Crippen LogP contribution in [0.5, 0.6) is 17.4 Å². The van der Waals surface area contributed by atoms with Crippen molar-refractivity contribution in [3.63, 3.8) is 0 Å². The van der Waals surface area contributed by atoms with E-state index in [1.807, 2.05) is 0 Å². The molecule has 0 saturated heterocycles. The van der Waals surface area contributed by atoms with E-state index in [9.17, 15) is 4.79 Å². The molecule has 0 amide bonds. The number of rotatable bonds is 4. The number of benzene rings is 1. The number of methoxy groups -OCH3 is 1. The lowest BCUT2D eigenvalue weighted by Crippen LogP contribution is -1.99. The maximum atomic E-state index is 11.0. The van der Waals surface area contributed by atoms with Crippen molar-refractivity contribution in [3.05, 3.63) is 43.9 Å². The van der Waals surface area contributed by atoms with E-state index in [1.54, 1.807) is 19.2 Å². The first-order valence-electron chi connectivity index (χ1n) is 5.52. The second kappa shape index (κ2) is 6.64. The standard InChI is InChI=1S/C13H8Br2ClNO4/c1-20-9-4-8(15)10(5-7(9)14)21-12-3-6(13(18)19)2-11(16)17-12/h2-5H,1H3,(H,18,19). The van der Waals surface area contributed by atoms with E-state index < -0.39 is 5.97 Å². The second-order valence-corrected chi connectivity index (χ2v) is 5.94. The number of ether oxygens (including phenoxy) is 2. The molecule has 0 unspecified atom stereocenters. The van der Waals surface area contributed by atoms with E-state index in [0.29, 0.717) is 20.4 Å². The van der Waals surface area contributed by atoms with Gasteiger partial charge in [0, 0.05) is 6.07 Å². The Kier molecular flexibility index (Phi) is 5.08. The number of halogens is 3. The maximum absolute atomic E-state index is 11.0. The highest BCUT2D eigenvalue weighted by Gasteiger charge is 2.13. The molecule has 0 radical (unpaired) electrons. The molecule has 0 fully saturated rings. The van der Waals surface area contributed by atoms with Gasteiger partial charge in [-0.15, -0.1) is 0 Å². The molecule has 1 heterocycles. The third-order valence-electron chi connectivity index (χ3n) is 2.44. The number of hydrogen-bond acceptors (Lipinski definition) is 4. The third-order valence-corrected chi connectivity index (χ3v) is 3.87. The molecule has 0 aliphatic carbocycles. The van der Waals surface area contributed by atoms with Gasteiger partial charge in [0.2, 0.25) is 5.88 Å². The van der Waals surface area contributed by atoms with Gasteiger partial charge in [-0.25, -0.2) is 9.78 Å². The first-order valence-corrected chi connectivity index (χ1v) is 7.49. The van der Waals surface area contributed by atoms with E-state index in [0.717, 1.165) is 0 Å². The van der Waals surface area contributed by atoms with Crippen LogP contribution in [-0.2, 0) is 0 Å². The molecule has 1 aromatic heterocycles. The minimum absolute atomic E-state index is 0.00583. The molecule has 5 nitrogen and oxygen atoms in total. The zero-order valence-corrected chi connectivity index (χ0v) is 14.5. The minimum atomic E-state index is -1.11. The number of aromatic carboxylic acids is 1. The largest absolute Gasteiger partial charge is 0.496 e. The van der Waals surface area contributed by atoms with Crippen molar-refractivity contribution in [2.24, 2.45) is 0 Å². The predicted octanol–water partition coefficient (Wildman–Crippen LogP) is 4.76. The second-order valence-electron chi connectivity index (χ2n) is 3.84. The Balaban J connectivity index is 2.38. The number of pyridine rings is 1. The van der Waals surface area contributed by atoms with Crippen LogP contribution in [-0.4, -0.2) is 23.2 Å². The minimum Gasteiger partial charge on any atom is -0.496 e.